The fraction of sp³-hybridized carbons (Fsp3) is 0.556. The van der Waals surface area contributed by atoms with E-state index >= 15 is 0 Å². The lowest BCUT2D eigenvalue weighted by molar-refractivity contribution is 0.605. The van der Waals surface area contributed by atoms with Crippen molar-refractivity contribution in [3.8, 4) is 0 Å². The lowest BCUT2D eigenvalue weighted by Crippen LogP contribution is -2.08. The van der Waals surface area contributed by atoms with Gasteiger partial charge in [-0.15, -0.1) is 11.3 Å². The lowest BCUT2D eigenvalue weighted by atomic mass is 10.1. The van der Waals surface area contributed by atoms with Crippen molar-refractivity contribution in [3.63, 3.8) is 0 Å². The summed E-state index contributed by atoms with van der Waals surface area (Å²) in [5, 5.41) is 2.10. The molecule has 0 amide bonds. The maximum Gasteiger partial charge on any atom is 0.0392 e. The van der Waals surface area contributed by atoms with Crippen molar-refractivity contribution >= 4 is 27.3 Å². The normalized spacial score (nSPS) is 19.5. The SMILES string of the molecule is N[C@@H](CC1CC1)c1cc(Br)cs1. The summed E-state index contributed by atoms with van der Waals surface area (Å²) in [5.41, 5.74) is 6.04. The van der Waals surface area contributed by atoms with E-state index in [0.717, 1.165) is 10.4 Å². The zero-order chi connectivity index (χ0) is 8.55. The quantitative estimate of drug-likeness (QED) is 0.869. The van der Waals surface area contributed by atoms with Gasteiger partial charge in [-0.2, -0.15) is 0 Å². The minimum Gasteiger partial charge on any atom is -0.323 e. The largest absolute Gasteiger partial charge is 0.323 e. The average molecular weight is 246 g/mol. The number of hydrogen-bond acceptors (Lipinski definition) is 2. The van der Waals surface area contributed by atoms with Crippen molar-refractivity contribution < 1.29 is 0 Å². The Bertz CT molecular complexity index is 267. The summed E-state index contributed by atoms with van der Waals surface area (Å²) in [6.07, 6.45) is 3.95. The molecule has 2 rings (SSSR count). The molecule has 0 aliphatic heterocycles. The molecule has 1 fully saturated rings. The number of nitrogens with two attached hydrogens (primary N) is 1. The van der Waals surface area contributed by atoms with Crippen LogP contribution in [0, 0.1) is 5.92 Å². The standard InChI is InChI=1S/C9H12BrNS/c10-7-4-9(12-5-7)8(11)3-6-1-2-6/h4-6,8H,1-3,11H2/t8-/m0/s1. The molecular weight excluding hydrogens is 234 g/mol. The van der Waals surface area contributed by atoms with Gasteiger partial charge in [-0.3, -0.25) is 0 Å². The summed E-state index contributed by atoms with van der Waals surface area (Å²) in [7, 11) is 0. The van der Waals surface area contributed by atoms with Crippen LogP contribution in [-0.2, 0) is 0 Å². The molecule has 1 aliphatic carbocycles. The van der Waals surface area contributed by atoms with Crippen molar-refractivity contribution in [1.29, 1.82) is 0 Å². The highest BCUT2D eigenvalue weighted by atomic mass is 79.9. The molecular formula is C9H12BrNS. The molecule has 0 radical (unpaired) electrons. The van der Waals surface area contributed by atoms with Crippen LogP contribution in [0.3, 0.4) is 0 Å². The molecule has 0 saturated heterocycles. The topological polar surface area (TPSA) is 26.0 Å². The number of thiophene rings is 1. The van der Waals surface area contributed by atoms with Crippen LogP contribution in [0.2, 0.25) is 0 Å². The van der Waals surface area contributed by atoms with Crippen LogP contribution >= 0.6 is 27.3 Å². The molecule has 1 aromatic rings. The second kappa shape index (κ2) is 3.48. The molecule has 0 aromatic carbocycles. The van der Waals surface area contributed by atoms with Gasteiger partial charge in [0.25, 0.3) is 0 Å². The van der Waals surface area contributed by atoms with Crippen molar-refractivity contribution in [3.05, 3.63) is 20.8 Å². The molecule has 0 bridgehead atoms. The van der Waals surface area contributed by atoms with Crippen molar-refractivity contribution in [1.82, 2.24) is 0 Å². The Morgan fingerprint density at radius 1 is 1.67 bits per heavy atom. The predicted octanol–water partition coefficient (Wildman–Crippen LogP) is 3.31. The number of halogens is 1. The molecule has 2 N–H and O–H groups in total. The first kappa shape index (κ1) is 8.73. The van der Waals surface area contributed by atoms with Crippen LogP contribution in [0.15, 0.2) is 15.9 Å². The second-order valence-electron chi connectivity index (χ2n) is 3.45. The number of hydrogen-bond donors (Lipinski definition) is 1. The molecule has 0 spiro atoms. The van der Waals surface area contributed by atoms with E-state index in [-0.39, 0.29) is 6.04 Å². The van der Waals surface area contributed by atoms with E-state index in [1.807, 2.05) is 0 Å². The van der Waals surface area contributed by atoms with Crippen LogP contribution < -0.4 is 5.73 Å². The Morgan fingerprint density at radius 2 is 2.42 bits per heavy atom. The molecule has 1 heterocycles. The first-order valence-corrected chi connectivity index (χ1v) is 5.92. The summed E-state index contributed by atoms with van der Waals surface area (Å²) in [4.78, 5) is 1.31. The molecule has 1 aliphatic rings. The lowest BCUT2D eigenvalue weighted by Gasteiger charge is -2.06. The second-order valence-corrected chi connectivity index (χ2v) is 5.31. The molecule has 1 aromatic heterocycles. The Hall–Kier alpha value is 0.140. The molecule has 0 unspecified atom stereocenters. The molecule has 1 saturated carbocycles. The smallest absolute Gasteiger partial charge is 0.0392 e. The minimum absolute atomic E-state index is 0.272. The van der Waals surface area contributed by atoms with Gasteiger partial charge < -0.3 is 5.73 Å². The summed E-state index contributed by atoms with van der Waals surface area (Å²) >= 11 is 5.19. The maximum atomic E-state index is 6.04. The van der Waals surface area contributed by atoms with Crippen molar-refractivity contribution in [2.45, 2.75) is 25.3 Å². The van der Waals surface area contributed by atoms with Gasteiger partial charge in [0.05, 0.1) is 0 Å². The summed E-state index contributed by atoms with van der Waals surface area (Å²) < 4.78 is 1.16. The molecule has 1 nitrogen and oxygen atoms in total. The Balaban J connectivity index is 1.97. The van der Waals surface area contributed by atoms with Crippen molar-refractivity contribution in [2.24, 2.45) is 11.7 Å². The van der Waals surface area contributed by atoms with E-state index in [1.165, 1.54) is 24.1 Å². The van der Waals surface area contributed by atoms with E-state index in [2.05, 4.69) is 27.4 Å². The Morgan fingerprint density at radius 3 is 2.92 bits per heavy atom. The van der Waals surface area contributed by atoms with Crippen LogP contribution in [0.25, 0.3) is 0 Å². The van der Waals surface area contributed by atoms with Gasteiger partial charge in [0.15, 0.2) is 0 Å². The van der Waals surface area contributed by atoms with Crippen LogP contribution in [0.4, 0.5) is 0 Å². The number of rotatable bonds is 3. The van der Waals surface area contributed by atoms with Gasteiger partial charge in [-0.25, -0.2) is 0 Å². The third kappa shape index (κ3) is 2.09. The highest BCUT2D eigenvalue weighted by Gasteiger charge is 2.24. The summed E-state index contributed by atoms with van der Waals surface area (Å²) in [6.45, 7) is 0. The van der Waals surface area contributed by atoms with Gasteiger partial charge in [-0.1, -0.05) is 12.8 Å². The van der Waals surface area contributed by atoms with E-state index in [9.17, 15) is 0 Å². The van der Waals surface area contributed by atoms with E-state index in [0.29, 0.717) is 0 Å². The maximum absolute atomic E-state index is 6.04. The Labute approximate surface area is 85.1 Å². The first-order valence-electron chi connectivity index (χ1n) is 4.25. The Kier molecular flexibility index (Phi) is 2.53. The van der Waals surface area contributed by atoms with Gasteiger partial charge in [0.2, 0.25) is 0 Å². The first-order chi connectivity index (χ1) is 5.75. The summed E-state index contributed by atoms with van der Waals surface area (Å²) in [6, 6.07) is 2.41. The molecule has 3 heteroatoms. The minimum atomic E-state index is 0.272. The van der Waals surface area contributed by atoms with Crippen LogP contribution in [0.1, 0.15) is 30.2 Å². The zero-order valence-corrected chi connectivity index (χ0v) is 9.20. The van der Waals surface area contributed by atoms with Gasteiger partial charge in [-0.05, 0) is 34.3 Å². The fourth-order valence-electron chi connectivity index (χ4n) is 1.35. The van der Waals surface area contributed by atoms with Crippen LogP contribution in [-0.4, -0.2) is 0 Å². The molecule has 1 atom stereocenters. The van der Waals surface area contributed by atoms with Crippen LogP contribution in [0.5, 0.6) is 0 Å². The average Bonchev–Trinajstić information content (AvgIpc) is 2.72. The predicted molar refractivity (Wildman–Crippen MR) is 56.3 cm³/mol. The fourth-order valence-corrected chi connectivity index (χ4v) is 2.81. The highest BCUT2D eigenvalue weighted by molar-refractivity contribution is 9.10. The van der Waals surface area contributed by atoms with E-state index in [1.54, 1.807) is 11.3 Å². The van der Waals surface area contributed by atoms with E-state index < -0.39 is 0 Å². The monoisotopic (exact) mass is 245 g/mol. The third-order valence-corrected chi connectivity index (χ3v) is 4.06. The van der Waals surface area contributed by atoms with Crippen molar-refractivity contribution in [2.75, 3.05) is 0 Å². The van der Waals surface area contributed by atoms with Gasteiger partial charge in [0, 0.05) is 20.8 Å². The van der Waals surface area contributed by atoms with E-state index in [4.69, 9.17) is 5.73 Å². The molecule has 66 valence electrons. The summed E-state index contributed by atoms with van der Waals surface area (Å²) in [5.74, 6) is 0.917. The zero-order valence-electron chi connectivity index (χ0n) is 6.79. The van der Waals surface area contributed by atoms with Gasteiger partial charge in [0.1, 0.15) is 0 Å². The molecule has 12 heavy (non-hydrogen) atoms. The highest BCUT2D eigenvalue weighted by Crippen LogP contribution is 2.38. The third-order valence-electron chi connectivity index (χ3n) is 2.24. The van der Waals surface area contributed by atoms with Gasteiger partial charge >= 0.3 is 0 Å².